The number of hydrogen-bond acceptors (Lipinski definition) is 6. The second-order valence-corrected chi connectivity index (χ2v) is 6.83. The van der Waals surface area contributed by atoms with Gasteiger partial charge in [0.15, 0.2) is 5.82 Å². The molecule has 9 nitrogen and oxygen atoms in total. The second kappa shape index (κ2) is 7.78. The van der Waals surface area contributed by atoms with E-state index in [0.29, 0.717) is 16.8 Å². The summed E-state index contributed by atoms with van der Waals surface area (Å²) >= 11 is 0. The maximum Gasteiger partial charge on any atom is 0.349 e. The van der Waals surface area contributed by atoms with Crippen LogP contribution in [0.3, 0.4) is 0 Å². The van der Waals surface area contributed by atoms with Crippen molar-refractivity contribution in [1.82, 2.24) is 24.9 Å². The predicted molar refractivity (Wildman–Crippen MR) is 110 cm³/mol. The molecule has 4 aromatic rings. The lowest BCUT2D eigenvalue weighted by Crippen LogP contribution is -2.34. The number of carbonyl (C=O) groups is 1. The van der Waals surface area contributed by atoms with Crippen molar-refractivity contribution in [3.8, 4) is 5.82 Å². The normalized spacial score (nSPS) is 11.0. The minimum atomic E-state index is -0.715. The van der Waals surface area contributed by atoms with E-state index in [2.05, 4.69) is 15.5 Å². The Hall–Kier alpha value is -4.01. The molecular weight excluding hydrogens is 386 g/mol. The van der Waals surface area contributed by atoms with Gasteiger partial charge in [-0.3, -0.25) is 9.59 Å². The average molecular weight is 405 g/mol. The molecule has 1 aromatic carbocycles. The number of hydrogen-bond donors (Lipinski definition) is 1. The molecule has 0 atom stereocenters. The molecule has 9 heteroatoms. The Labute approximate surface area is 170 Å². The summed E-state index contributed by atoms with van der Waals surface area (Å²) in [7, 11) is 0. The van der Waals surface area contributed by atoms with Crippen LogP contribution in [-0.4, -0.2) is 32.0 Å². The van der Waals surface area contributed by atoms with Crippen molar-refractivity contribution in [2.24, 2.45) is 0 Å². The third-order valence-corrected chi connectivity index (χ3v) is 4.57. The van der Waals surface area contributed by atoms with Gasteiger partial charge < -0.3 is 9.73 Å². The van der Waals surface area contributed by atoms with E-state index in [0.717, 1.165) is 11.4 Å². The molecule has 0 spiro atoms. The standard InChI is InChI=1S/C21H19N5O4/c1-13-11-14(2)26(23-13)18-7-8-19(27)25(24-18)10-9-22-20(28)16-12-15-5-3-4-6-17(15)30-21(16)29/h3-8,11-12H,9-10H2,1-2H3,(H,22,28). The fourth-order valence-electron chi connectivity index (χ4n) is 3.16. The van der Waals surface area contributed by atoms with Crippen LogP contribution in [0.4, 0.5) is 0 Å². The number of fused-ring (bicyclic) bond motifs is 1. The van der Waals surface area contributed by atoms with Crippen LogP contribution < -0.4 is 16.5 Å². The van der Waals surface area contributed by atoms with Crippen LogP contribution in [0.25, 0.3) is 16.8 Å². The number of para-hydroxylation sites is 1. The summed E-state index contributed by atoms with van der Waals surface area (Å²) in [6.07, 6.45) is 0. The van der Waals surface area contributed by atoms with Gasteiger partial charge in [-0.1, -0.05) is 18.2 Å². The molecule has 3 aromatic heterocycles. The summed E-state index contributed by atoms with van der Waals surface area (Å²) in [5.74, 6) is -0.0704. The zero-order valence-corrected chi connectivity index (χ0v) is 16.5. The Balaban J connectivity index is 1.49. The minimum absolute atomic E-state index is 0.0922. The number of benzene rings is 1. The first kappa shape index (κ1) is 19.3. The van der Waals surface area contributed by atoms with Crippen LogP contribution in [0.2, 0.25) is 0 Å². The molecule has 0 aliphatic heterocycles. The maximum absolute atomic E-state index is 12.4. The highest BCUT2D eigenvalue weighted by Crippen LogP contribution is 2.12. The topological polar surface area (TPSA) is 112 Å². The summed E-state index contributed by atoms with van der Waals surface area (Å²) in [6.45, 7) is 4.01. The van der Waals surface area contributed by atoms with Crippen molar-refractivity contribution >= 4 is 16.9 Å². The van der Waals surface area contributed by atoms with Crippen molar-refractivity contribution in [3.05, 3.63) is 86.3 Å². The molecule has 0 unspecified atom stereocenters. The summed E-state index contributed by atoms with van der Waals surface area (Å²) < 4.78 is 8.07. The van der Waals surface area contributed by atoms with E-state index in [1.165, 1.54) is 16.8 Å². The Morgan fingerprint density at radius 2 is 1.87 bits per heavy atom. The molecular formula is C21H19N5O4. The van der Waals surface area contributed by atoms with Gasteiger partial charge in [0.2, 0.25) is 0 Å². The lowest BCUT2D eigenvalue weighted by molar-refractivity contribution is 0.0948. The van der Waals surface area contributed by atoms with Crippen molar-refractivity contribution in [1.29, 1.82) is 0 Å². The first-order valence-corrected chi connectivity index (χ1v) is 9.35. The fourth-order valence-corrected chi connectivity index (χ4v) is 3.16. The van der Waals surface area contributed by atoms with Gasteiger partial charge in [-0.2, -0.15) is 5.10 Å². The zero-order valence-electron chi connectivity index (χ0n) is 16.5. The van der Waals surface area contributed by atoms with Gasteiger partial charge in [0.25, 0.3) is 11.5 Å². The molecule has 0 bridgehead atoms. The van der Waals surface area contributed by atoms with E-state index >= 15 is 0 Å². The monoisotopic (exact) mass is 405 g/mol. The molecule has 4 rings (SSSR count). The number of aryl methyl sites for hydroxylation is 2. The van der Waals surface area contributed by atoms with Crippen LogP contribution >= 0.6 is 0 Å². The number of carbonyl (C=O) groups excluding carboxylic acids is 1. The maximum atomic E-state index is 12.4. The third-order valence-electron chi connectivity index (χ3n) is 4.57. The summed E-state index contributed by atoms with van der Waals surface area (Å²) in [4.78, 5) is 36.7. The first-order chi connectivity index (χ1) is 14.4. The lowest BCUT2D eigenvalue weighted by atomic mass is 10.2. The Kier molecular flexibility index (Phi) is 5.01. The van der Waals surface area contributed by atoms with E-state index in [9.17, 15) is 14.4 Å². The molecule has 0 saturated heterocycles. The van der Waals surface area contributed by atoms with Gasteiger partial charge >= 0.3 is 5.63 Å². The molecule has 0 fully saturated rings. The van der Waals surface area contributed by atoms with E-state index in [1.807, 2.05) is 19.9 Å². The molecule has 0 saturated carbocycles. The molecule has 0 aliphatic carbocycles. The number of amides is 1. The van der Waals surface area contributed by atoms with Crippen LogP contribution in [0.5, 0.6) is 0 Å². The van der Waals surface area contributed by atoms with Crippen LogP contribution in [-0.2, 0) is 6.54 Å². The largest absolute Gasteiger partial charge is 0.422 e. The summed E-state index contributed by atoms with van der Waals surface area (Å²) in [6, 6.07) is 13.3. The Morgan fingerprint density at radius 1 is 1.07 bits per heavy atom. The zero-order chi connectivity index (χ0) is 21.3. The predicted octanol–water partition coefficient (Wildman–Crippen LogP) is 1.58. The van der Waals surface area contributed by atoms with Crippen molar-refractivity contribution in [3.63, 3.8) is 0 Å². The SMILES string of the molecule is Cc1cc(C)n(-c2ccc(=O)n(CCNC(=O)c3cc4ccccc4oc3=O)n2)n1. The number of nitrogens with one attached hydrogen (secondary N) is 1. The van der Waals surface area contributed by atoms with Gasteiger partial charge in [0.05, 0.1) is 12.2 Å². The smallest absolute Gasteiger partial charge is 0.349 e. The Bertz CT molecular complexity index is 1370. The van der Waals surface area contributed by atoms with Crippen molar-refractivity contribution < 1.29 is 9.21 Å². The number of rotatable bonds is 5. The van der Waals surface area contributed by atoms with Crippen LogP contribution in [0.1, 0.15) is 21.7 Å². The van der Waals surface area contributed by atoms with Crippen molar-refractivity contribution in [2.45, 2.75) is 20.4 Å². The molecule has 3 heterocycles. The fraction of sp³-hybridized carbons (Fsp3) is 0.190. The van der Waals surface area contributed by atoms with E-state index in [1.54, 1.807) is 35.0 Å². The second-order valence-electron chi connectivity index (χ2n) is 6.83. The van der Waals surface area contributed by atoms with Gasteiger partial charge in [-0.25, -0.2) is 14.2 Å². The van der Waals surface area contributed by atoms with Gasteiger partial charge in [0.1, 0.15) is 11.1 Å². The van der Waals surface area contributed by atoms with Crippen molar-refractivity contribution in [2.75, 3.05) is 6.54 Å². The highest BCUT2D eigenvalue weighted by atomic mass is 16.4. The molecule has 152 valence electrons. The van der Waals surface area contributed by atoms with Crippen LogP contribution in [0.15, 0.2) is 62.5 Å². The molecule has 0 aliphatic rings. The quantitative estimate of drug-likeness (QED) is 0.505. The van der Waals surface area contributed by atoms with Gasteiger partial charge in [-0.05, 0) is 38.1 Å². The highest BCUT2D eigenvalue weighted by Gasteiger charge is 2.14. The lowest BCUT2D eigenvalue weighted by Gasteiger charge is -2.09. The van der Waals surface area contributed by atoms with Gasteiger partial charge in [-0.15, -0.1) is 5.10 Å². The molecule has 1 N–H and O–H groups in total. The van der Waals surface area contributed by atoms with Gasteiger partial charge in [0, 0.05) is 23.7 Å². The molecule has 30 heavy (non-hydrogen) atoms. The number of aromatic nitrogens is 4. The van der Waals surface area contributed by atoms with Crippen LogP contribution in [0, 0.1) is 13.8 Å². The number of nitrogens with zero attached hydrogens (tertiary/aromatic N) is 4. The van der Waals surface area contributed by atoms with E-state index < -0.39 is 11.5 Å². The average Bonchev–Trinajstić information content (AvgIpc) is 3.06. The third kappa shape index (κ3) is 3.77. The minimum Gasteiger partial charge on any atom is -0.422 e. The van der Waals surface area contributed by atoms with E-state index in [4.69, 9.17) is 4.42 Å². The Morgan fingerprint density at radius 3 is 2.63 bits per heavy atom. The van der Waals surface area contributed by atoms with E-state index in [-0.39, 0.29) is 24.2 Å². The molecule has 1 amide bonds. The summed E-state index contributed by atoms with van der Waals surface area (Å²) in [5, 5.41) is 12.0. The molecule has 0 radical (unpaired) electrons. The first-order valence-electron chi connectivity index (χ1n) is 9.35. The highest BCUT2D eigenvalue weighted by molar-refractivity contribution is 5.96. The summed E-state index contributed by atoms with van der Waals surface area (Å²) in [5.41, 5.74) is 1.03.